The van der Waals surface area contributed by atoms with Crippen molar-refractivity contribution in [2.45, 2.75) is 34.6 Å². The van der Waals surface area contributed by atoms with Crippen molar-refractivity contribution in [3.8, 4) is 6.07 Å². The fourth-order valence-electron chi connectivity index (χ4n) is 2.56. The van der Waals surface area contributed by atoms with Gasteiger partial charge in [-0.1, -0.05) is 32.4 Å². The van der Waals surface area contributed by atoms with Gasteiger partial charge in [-0.3, -0.25) is 9.78 Å². The first-order valence-corrected chi connectivity index (χ1v) is 8.06. The number of benzene rings is 1. The molecule has 5 heteroatoms. The summed E-state index contributed by atoms with van der Waals surface area (Å²) >= 11 is 0. The van der Waals surface area contributed by atoms with Crippen LogP contribution >= 0.6 is 0 Å². The molecule has 0 spiro atoms. The standard InChI is InChI=1S/C19H24N4O/c1-12-8-13(2)16-15(9-12)17(14(10-20)11-23-16)21-6-7-22-18(24)19(3,4)5/h8-9,11H,6-7H2,1-5H3,(H,21,23)(H,22,24). The van der Waals surface area contributed by atoms with Gasteiger partial charge >= 0.3 is 0 Å². The van der Waals surface area contributed by atoms with Gasteiger partial charge in [-0.15, -0.1) is 0 Å². The Balaban J connectivity index is 2.22. The van der Waals surface area contributed by atoms with E-state index in [1.807, 2.05) is 40.7 Å². The number of nitrogens with zero attached hydrogens (tertiary/aromatic N) is 2. The molecule has 126 valence electrons. The molecule has 1 heterocycles. The number of aryl methyl sites for hydroxylation is 2. The van der Waals surface area contributed by atoms with Gasteiger partial charge in [0.15, 0.2) is 0 Å². The van der Waals surface area contributed by atoms with Crippen molar-refractivity contribution in [3.05, 3.63) is 35.0 Å². The van der Waals surface area contributed by atoms with Crippen LogP contribution in [0, 0.1) is 30.6 Å². The van der Waals surface area contributed by atoms with Crippen molar-refractivity contribution in [2.75, 3.05) is 18.4 Å². The third-order valence-corrected chi connectivity index (χ3v) is 3.82. The van der Waals surface area contributed by atoms with E-state index in [2.05, 4.69) is 27.8 Å². The summed E-state index contributed by atoms with van der Waals surface area (Å²) in [5.74, 6) is 0.0103. The van der Waals surface area contributed by atoms with E-state index >= 15 is 0 Å². The molecule has 1 amide bonds. The lowest BCUT2D eigenvalue weighted by molar-refractivity contribution is -0.128. The van der Waals surface area contributed by atoms with Gasteiger partial charge in [0.1, 0.15) is 6.07 Å². The number of hydrogen-bond acceptors (Lipinski definition) is 4. The number of carbonyl (C=O) groups excluding carboxylic acids is 1. The highest BCUT2D eigenvalue weighted by molar-refractivity contribution is 5.96. The van der Waals surface area contributed by atoms with E-state index in [0.717, 1.165) is 27.7 Å². The Hall–Kier alpha value is -2.61. The van der Waals surface area contributed by atoms with Crippen LogP contribution in [0.4, 0.5) is 5.69 Å². The summed E-state index contributed by atoms with van der Waals surface area (Å²) < 4.78 is 0. The van der Waals surface area contributed by atoms with E-state index in [0.29, 0.717) is 18.7 Å². The molecule has 0 unspecified atom stereocenters. The van der Waals surface area contributed by atoms with Crippen LogP contribution in [-0.2, 0) is 4.79 Å². The van der Waals surface area contributed by atoms with Crippen LogP contribution in [0.2, 0.25) is 0 Å². The first-order chi connectivity index (χ1) is 11.2. The van der Waals surface area contributed by atoms with Crippen LogP contribution in [0.3, 0.4) is 0 Å². The second kappa shape index (κ2) is 6.88. The van der Waals surface area contributed by atoms with Crippen LogP contribution in [0.15, 0.2) is 18.3 Å². The molecule has 0 aliphatic carbocycles. The summed E-state index contributed by atoms with van der Waals surface area (Å²) in [6.45, 7) is 10.7. The molecule has 0 aliphatic heterocycles. The zero-order valence-electron chi connectivity index (χ0n) is 14.9. The lowest BCUT2D eigenvalue weighted by Crippen LogP contribution is -2.37. The number of carbonyl (C=O) groups is 1. The van der Waals surface area contributed by atoms with Gasteiger partial charge in [-0.2, -0.15) is 5.26 Å². The van der Waals surface area contributed by atoms with E-state index < -0.39 is 5.41 Å². The lowest BCUT2D eigenvalue weighted by Gasteiger charge is -2.18. The smallest absolute Gasteiger partial charge is 0.225 e. The molecular weight excluding hydrogens is 300 g/mol. The number of pyridine rings is 1. The maximum atomic E-state index is 11.9. The number of nitrogens with one attached hydrogen (secondary N) is 2. The van der Waals surface area contributed by atoms with Gasteiger partial charge in [0, 0.05) is 30.1 Å². The predicted octanol–water partition coefficient (Wildman–Crippen LogP) is 3.30. The van der Waals surface area contributed by atoms with Gasteiger partial charge in [0.05, 0.1) is 16.8 Å². The molecule has 0 bridgehead atoms. The summed E-state index contributed by atoms with van der Waals surface area (Å²) in [7, 11) is 0. The minimum Gasteiger partial charge on any atom is -0.382 e. The molecule has 24 heavy (non-hydrogen) atoms. The average Bonchev–Trinajstić information content (AvgIpc) is 2.50. The number of fused-ring (bicyclic) bond motifs is 1. The number of amides is 1. The molecule has 0 saturated carbocycles. The summed E-state index contributed by atoms with van der Waals surface area (Å²) in [4.78, 5) is 16.3. The maximum Gasteiger partial charge on any atom is 0.225 e. The Morgan fingerprint density at radius 3 is 2.58 bits per heavy atom. The van der Waals surface area contributed by atoms with E-state index in [1.54, 1.807) is 6.20 Å². The number of anilines is 1. The molecule has 1 aromatic heterocycles. The molecular formula is C19H24N4O. The predicted molar refractivity (Wildman–Crippen MR) is 96.9 cm³/mol. The topological polar surface area (TPSA) is 77.8 Å². The van der Waals surface area contributed by atoms with Crippen molar-refractivity contribution < 1.29 is 4.79 Å². The van der Waals surface area contributed by atoms with Gasteiger partial charge < -0.3 is 10.6 Å². The Morgan fingerprint density at radius 2 is 1.96 bits per heavy atom. The summed E-state index contributed by atoms with van der Waals surface area (Å²) in [6.07, 6.45) is 1.60. The summed E-state index contributed by atoms with van der Waals surface area (Å²) in [5.41, 5.74) is 3.98. The van der Waals surface area contributed by atoms with Crippen molar-refractivity contribution in [1.82, 2.24) is 10.3 Å². The number of nitriles is 1. The van der Waals surface area contributed by atoms with Crippen LogP contribution in [0.1, 0.15) is 37.5 Å². The first kappa shape index (κ1) is 17.7. The highest BCUT2D eigenvalue weighted by Gasteiger charge is 2.20. The van der Waals surface area contributed by atoms with Gasteiger partial charge in [0.2, 0.25) is 5.91 Å². The number of hydrogen-bond donors (Lipinski definition) is 2. The minimum atomic E-state index is -0.407. The van der Waals surface area contributed by atoms with Crippen LogP contribution in [-0.4, -0.2) is 24.0 Å². The summed E-state index contributed by atoms with van der Waals surface area (Å²) in [6, 6.07) is 6.30. The molecule has 2 rings (SSSR count). The molecule has 5 nitrogen and oxygen atoms in total. The van der Waals surface area contributed by atoms with Gasteiger partial charge in [-0.25, -0.2) is 0 Å². The van der Waals surface area contributed by atoms with E-state index in [4.69, 9.17) is 0 Å². The van der Waals surface area contributed by atoms with Crippen LogP contribution in [0.25, 0.3) is 10.9 Å². The van der Waals surface area contributed by atoms with E-state index in [-0.39, 0.29) is 5.91 Å². The minimum absolute atomic E-state index is 0.0103. The SMILES string of the molecule is Cc1cc(C)c2ncc(C#N)c(NCCNC(=O)C(C)(C)C)c2c1. The fraction of sp³-hybridized carbons (Fsp3) is 0.421. The molecule has 0 aliphatic rings. The summed E-state index contributed by atoms with van der Waals surface area (Å²) in [5, 5.41) is 16.5. The quantitative estimate of drug-likeness (QED) is 0.846. The molecule has 2 aromatic rings. The van der Waals surface area contributed by atoms with Gasteiger partial charge in [-0.05, 0) is 25.5 Å². The Labute approximate surface area is 143 Å². The lowest BCUT2D eigenvalue weighted by atomic mass is 9.96. The van der Waals surface area contributed by atoms with Crippen molar-refractivity contribution in [2.24, 2.45) is 5.41 Å². The zero-order valence-corrected chi connectivity index (χ0v) is 14.9. The van der Waals surface area contributed by atoms with Crippen molar-refractivity contribution in [3.63, 3.8) is 0 Å². The Kier molecular flexibility index (Phi) is 5.08. The molecule has 0 radical (unpaired) electrons. The molecule has 0 atom stereocenters. The first-order valence-electron chi connectivity index (χ1n) is 8.06. The molecule has 1 aromatic carbocycles. The highest BCUT2D eigenvalue weighted by atomic mass is 16.2. The van der Waals surface area contributed by atoms with Crippen molar-refractivity contribution >= 4 is 22.5 Å². The Bertz CT molecular complexity index is 813. The number of rotatable bonds is 4. The van der Waals surface area contributed by atoms with E-state index in [9.17, 15) is 10.1 Å². The Morgan fingerprint density at radius 1 is 1.25 bits per heavy atom. The van der Waals surface area contributed by atoms with Crippen LogP contribution < -0.4 is 10.6 Å². The molecule has 0 saturated heterocycles. The molecule has 2 N–H and O–H groups in total. The van der Waals surface area contributed by atoms with Gasteiger partial charge in [0.25, 0.3) is 0 Å². The number of aromatic nitrogens is 1. The second-order valence-electron chi connectivity index (χ2n) is 7.07. The van der Waals surface area contributed by atoms with E-state index in [1.165, 1.54) is 0 Å². The third-order valence-electron chi connectivity index (χ3n) is 3.82. The monoisotopic (exact) mass is 324 g/mol. The van der Waals surface area contributed by atoms with Crippen LogP contribution in [0.5, 0.6) is 0 Å². The average molecular weight is 324 g/mol. The fourth-order valence-corrected chi connectivity index (χ4v) is 2.56. The third kappa shape index (κ3) is 3.83. The van der Waals surface area contributed by atoms with Crippen molar-refractivity contribution in [1.29, 1.82) is 5.26 Å². The zero-order chi connectivity index (χ0) is 17.9. The normalized spacial score (nSPS) is 11.2. The second-order valence-corrected chi connectivity index (χ2v) is 7.07. The highest BCUT2D eigenvalue weighted by Crippen LogP contribution is 2.28. The largest absolute Gasteiger partial charge is 0.382 e. The maximum absolute atomic E-state index is 11.9. The molecule has 0 fully saturated rings.